The molecule has 126 valence electrons. The van der Waals surface area contributed by atoms with Gasteiger partial charge in [0.15, 0.2) is 0 Å². The molecule has 0 aromatic rings. The molecule has 5 nitrogen and oxygen atoms in total. The van der Waals surface area contributed by atoms with Gasteiger partial charge in [0.25, 0.3) is 0 Å². The summed E-state index contributed by atoms with van der Waals surface area (Å²) in [4.78, 5) is 26.7. The SMILES string of the molecule is COC(=O)N[C@H](C(=O)N1C(C(C)S)C[C@@H]2CCC[C@@H]21)C(C)C. The number of carbonyl (C=O) groups excluding carboxylic acids is 2. The van der Waals surface area contributed by atoms with Crippen LogP contribution in [0, 0.1) is 11.8 Å². The monoisotopic (exact) mass is 328 g/mol. The number of hydrogen-bond acceptors (Lipinski definition) is 4. The van der Waals surface area contributed by atoms with Crippen LogP contribution in [0.25, 0.3) is 0 Å². The van der Waals surface area contributed by atoms with E-state index in [2.05, 4.69) is 22.7 Å². The molecular formula is C16H28N2O3S. The Hall–Kier alpha value is -0.910. The molecule has 2 rings (SSSR count). The van der Waals surface area contributed by atoms with E-state index in [4.69, 9.17) is 0 Å². The molecule has 2 unspecified atom stereocenters. The quantitative estimate of drug-likeness (QED) is 0.780. The summed E-state index contributed by atoms with van der Waals surface area (Å²) in [7, 11) is 1.32. The van der Waals surface area contributed by atoms with E-state index in [1.165, 1.54) is 20.0 Å². The molecule has 1 saturated carbocycles. The van der Waals surface area contributed by atoms with Crippen LogP contribution in [0.15, 0.2) is 0 Å². The summed E-state index contributed by atoms with van der Waals surface area (Å²) in [5, 5.41) is 2.84. The number of ether oxygens (including phenoxy) is 1. The molecule has 0 bridgehead atoms. The molecule has 1 N–H and O–H groups in total. The lowest BCUT2D eigenvalue weighted by Gasteiger charge is -2.35. The maximum Gasteiger partial charge on any atom is 0.407 e. The minimum absolute atomic E-state index is 0.0145. The Morgan fingerprint density at radius 2 is 1.95 bits per heavy atom. The van der Waals surface area contributed by atoms with Crippen LogP contribution in [-0.4, -0.2) is 47.4 Å². The van der Waals surface area contributed by atoms with Gasteiger partial charge in [-0.3, -0.25) is 4.79 Å². The fourth-order valence-corrected chi connectivity index (χ4v) is 4.21. The van der Waals surface area contributed by atoms with E-state index < -0.39 is 12.1 Å². The molecule has 5 atom stereocenters. The maximum absolute atomic E-state index is 13.1. The van der Waals surface area contributed by atoms with Crippen LogP contribution < -0.4 is 5.32 Å². The van der Waals surface area contributed by atoms with Gasteiger partial charge < -0.3 is 15.0 Å². The number of hydrogen-bond donors (Lipinski definition) is 2. The van der Waals surface area contributed by atoms with E-state index in [0.717, 1.165) is 12.8 Å². The first-order valence-electron chi connectivity index (χ1n) is 8.21. The van der Waals surface area contributed by atoms with Crippen molar-refractivity contribution in [2.24, 2.45) is 11.8 Å². The fraction of sp³-hybridized carbons (Fsp3) is 0.875. The van der Waals surface area contributed by atoms with E-state index in [1.807, 2.05) is 25.7 Å². The molecule has 2 aliphatic rings. The molecule has 22 heavy (non-hydrogen) atoms. The van der Waals surface area contributed by atoms with Crippen LogP contribution in [0.3, 0.4) is 0 Å². The highest BCUT2D eigenvalue weighted by Crippen LogP contribution is 2.43. The van der Waals surface area contributed by atoms with Crippen molar-refractivity contribution >= 4 is 24.6 Å². The van der Waals surface area contributed by atoms with E-state index in [1.54, 1.807) is 0 Å². The number of rotatable bonds is 4. The topological polar surface area (TPSA) is 58.6 Å². The van der Waals surface area contributed by atoms with Gasteiger partial charge in [0.1, 0.15) is 6.04 Å². The highest BCUT2D eigenvalue weighted by atomic mass is 32.1. The van der Waals surface area contributed by atoms with Gasteiger partial charge in [-0.1, -0.05) is 27.2 Å². The molecule has 0 spiro atoms. The first kappa shape index (κ1) is 17.4. The van der Waals surface area contributed by atoms with Crippen LogP contribution >= 0.6 is 12.6 Å². The predicted molar refractivity (Wildman–Crippen MR) is 89.0 cm³/mol. The van der Waals surface area contributed by atoms with Crippen LogP contribution in [-0.2, 0) is 9.53 Å². The number of nitrogens with zero attached hydrogens (tertiary/aromatic N) is 1. The van der Waals surface area contributed by atoms with Crippen LogP contribution in [0.4, 0.5) is 4.79 Å². The van der Waals surface area contributed by atoms with Gasteiger partial charge in [-0.15, -0.1) is 0 Å². The minimum atomic E-state index is -0.551. The summed E-state index contributed by atoms with van der Waals surface area (Å²) in [6, 6.07) is -0.0685. The van der Waals surface area contributed by atoms with Crippen molar-refractivity contribution in [1.29, 1.82) is 0 Å². The number of methoxy groups -OCH3 is 1. The zero-order valence-electron chi connectivity index (χ0n) is 13.9. The third-order valence-electron chi connectivity index (χ3n) is 5.08. The standard InChI is InChI=1S/C16H28N2O3S/c1-9(2)14(17-16(20)21-4)15(19)18-12-7-5-6-11(12)8-13(18)10(3)22/h9-14,22H,5-8H2,1-4H3,(H,17,20)/t10?,11-,12-,13?,14-/m0/s1. The van der Waals surface area contributed by atoms with E-state index in [0.29, 0.717) is 12.0 Å². The zero-order chi connectivity index (χ0) is 16.4. The number of likely N-dealkylation sites (tertiary alicyclic amines) is 1. The summed E-state index contributed by atoms with van der Waals surface area (Å²) in [6.45, 7) is 5.94. The Bertz CT molecular complexity index is 428. The van der Waals surface area contributed by atoms with Crippen molar-refractivity contribution in [1.82, 2.24) is 10.2 Å². The predicted octanol–water partition coefficient (Wildman–Crippen LogP) is 2.45. The maximum atomic E-state index is 13.1. The number of amides is 2. The number of nitrogens with one attached hydrogen (secondary N) is 1. The first-order chi connectivity index (χ1) is 10.4. The molecular weight excluding hydrogens is 300 g/mol. The average Bonchev–Trinajstić information content (AvgIpc) is 3.03. The summed E-state index contributed by atoms with van der Waals surface area (Å²) < 4.78 is 4.67. The fourth-order valence-electron chi connectivity index (χ4n) is 3.94. The first-order valence-corrected chi connectivity index (χ1v) is 8.73. The second kappa shape index (κ2) is 7.11. The Kier molecular flexibility index (Phi) is 5.64. The van der Waals surface area contributed by atoms with Crippen molar-refractivity contribution in [3.63, 3.8) is 0 Å². The molecule has 2 fully saturated rings. The van der Waals surface area contributed by atoms with Crippen molar-refractivity contribution < 1.29 is 14.3 Å². The third-order valence-corrected chi connectivity index (χ3v) is 5.42. The molecule has 6 heteroatoms. The third kappa shape index (κ3) is 3.36. The van der Waals surface area contributed by atoms with E-state index in [9.17, 15) is 9.59 Å². The highest BCUT2D eigenvalue weighted by Gasteiger charge is 2.48. The van der Waals surface area contributed by atoms with Crippen molar-refractivity contribution in [2.75, 3.05) is 7.11 Å². The number of alkyl carbamates (subject to hydrolysis) is 1. The van der Waals surface area contributed by atoms with Crippen molar-refractivity contribution in [3.05, 3.63) is 0 Å². The van der Waals surface area contributed by atoms with Crippen LogP contribution in [0.5, 0.6) is 0 Å². The lowest BCUT2D eigenvalue weighted by molar-refractivity contribution is -0.137. The van der Waals surface area contributed by atoms with E-state index in [-0.39, 0.29) is 23.1 Å². The van der Waals surface area contributed by atoms with E-state index >= 15 is 0 Å². The largest absolute Gasteiger partial charge is 0.453 e. The Labute approximate surface area is 138 Å². The number of fused-ring (bicyclic) bond motifs is 1. The normalized spacial score (nSPS) is 30.1. The Morgan fingerprint density at radius 1 is 1.27 bits per heavy atom. The van der Waals surface area contributed by atoms with Crippen LogP contribution in [0.2, 0.25) is 0 Å². The van der Waals surface area contributed by atoms with Gasteiger partial charge in [-0.05, 0) is 31.1 Å². The summed E-state index contributed by atoms with van der Waals surface area (Å²) in [5.41, 5.74) is 0. The van der Waals surface area contributed by atoms with Crippen molar-refractivity contribution in [2.45, 2.75) is 69.8 Å². The second-order valence-corrected chi connectivity index (χ2v) is 7.72. The lowest BCUT2D eigenvalue weighted by Crippen LogP contribution is -2.55. The van der Waals surface area contributed by atoms with Crippen molar-refractivity contribution in [3.8, 4) is 0 Å². The molecule has 1 heterocycles. The second-order valence-electron chi connectivity index (χ2n) is 6.91. The minimum Gasteiger partial charge on any atom is -0.453 e. The average molecular weight is 328 g/mol. The summed E-state index contributed by atoms with van der Waals surface area (Å²) >= 11 is 4.59. The summed E-state index contributed by atoms with van der Waals surface area (Å²) in [5.74, 6) is 0.623. The lowest BCUT2D eigenvalue weighted by atomic mass is 10.0. The van der Waals surface area contributed by atoms with Crippen LogP contribution in [0.1, 0.15) is 46.5 Å². The molecule has 1 aliphatic heterocycles. The van der Waals surface area contributed by atoms with Gasteiger partial charge in [0.05, 0.1) is 7.11 Å². The zero-order valence-corrected chi connectivity index (χ0v) is 14.8. The highest BCUT2D eigenvalue weighted by molar-refractivity contribution is 7.81. The molecule has 0 radical (unpaired) electrons. The van der Waals surface area contributed by atoms with Gasteiger partial charge >= 0.3 is 6.09 Å². The molecule has 0 aromatic heterocycles. The number of carbonyl (C=O) groups is 2. The summed E-state index contributed by atoms with van der Waals surface area (Å²) in [6.07, 6.45) is 3.93. The Balaban J connectivity index is 2.20. The van der Waals surface area contributed by atoms with Gasteiger partial charge in [0.2, 0.25) is 5.91 Å². The van der Waals surface area contributed by atoms with Gasteiger partial charge in [-0.25, -0.2) is 4.79 Å². The smallest absolute Gasteiger partial charge is 0.407 e. The Morgan fingerprint density at radius 3 is 2.50 bits per heavy atom. The molecule has 2 amide bonds. The van der Waals surface area contributed by atoms with Gasteiger partial charge in [0, 0.05) is 17.3 Å². The molecule has 0 aromatic carbocycles. The number of thiol groups is 1. The van der Waals surface area contributed by atoms with Gasteiger partial charge in [-0.2, -0.15) is 12.6 Å². The molecule has 1 aliphatic carbocycles. The molecule has 1 saturated heterocycles.